The first kappa shape index (κ1) is 9.32. The van der Waals surface area contributed by atoms with Gasteiger partial charge in [-0.15, -0.1) is 11.3 Å². The Balaban J connectivity index is 2.75. The number of aryl methyl sites for hydroxylation is 1. The van der Waals surface area contributed by atoms with E-state index < -0.39 is 0 Å². The molecule has 68 valence electrons. The lowest BCUT2D eigenvalue weighted by atomic mass is 10.1. The summed E-state index contributed by atoms with van der Waals surface area (Å²) < 4.78 is 1.84. The summed E-state index contributed by atoms with van der Waals surface area (Å²) in [5.41, 5.74) is 1.30. The first-order valence-electron chi connectivity index (χ1n) is 4.08. The minimum Gasteiger partial charge on any atom is -0.122 e. The number of halogens is 2. The van der Waals surface area contributed by atoms with E-state index in [2.05, 4.69) is 25.1 Å². The van der Waals surface area contributed by atoms with Crippen molar-refractivity contribution in [3.05, 3.63) is 33.1 Å². The Kier molecular flexibility index (Phi) is 2.50. The molecule has 1 aromatic heterocycles. The maximum absolute atomic E-state index is 6.05. The summed E-state index contributed by atoms with van der Waals surface area (Å²) in [6.07, 6.45) is 1.03. The standard InChI is InChI=1S/C10H8Cl2S/c1-2-6-3-4-8-7(5-6)9(11)10(12)13-8/h3-5H,2H2,1H3. The maximum atomic E-state index is 6.05. The van der Waals surface area contributed by atoms with Crippen LogP contribution in [0.4, 0.5) is 0 Å². The summed E-state index contributed by atoms with van der Waals surface area (Å²) >= 11 is 13.5. The summed E-state index contributed by atoms with van der Waals surface area (Å²) in [6.45, 7) is 2.13. The fraction of sp³-hybridized carbons (Fsp3) is 0.200. The molecule has 0 unspecified atom stereocenters. The Bertz CT molecular complexity index is 445. The third kappa shape index (κ3) is 1.56. The van der Waals surface area contributed by atoms with E-state index in [0.29, 0.717) is 9.36 Å². The molecule has 0 amide bonds. The second-order valence-electron chi connectivity index (χ2n) is 2.87. The van der Waals surface area contributed by atoms with Crippen molar-refractivity contribution in [1.82, 2.24) is 0 Å². The van der Waals surface area contributed by atoms with Crippen LogP contribution in [-0.2, 0) is 6.42 Å². The molecule has 0 aliphatic heterocycles. The minimum atomic E-state index is 0.685. The zero-order valence-corrected chi connectivity index (χ0v) is 9.43. The predicted octanol–water partition coefficient (Wildman–Crippen LogP) is 4.77. The topological polar surface area (TPSA) is 0 Å². The summed E-state index contributed by atoms with van der Waals surface area (Å²) in [4.78, 5) is 0. The molecule has 2 aromatic rings. The van der Waals surface area contributed by atoms with E-state index >= 15 is 0 Å². The zero-order chi connectivity index (χ0) is 9.42. The van der Waals surface area contributed by atoms with Gasteiger partial charge in [0.1, 0.15) is 4.34 Å². The highest BCUT2D eigenvalue weighted by molar-refractivity contribution is 7.23. The Morgan fingerprint density at radius 3 is 2.77 bits per heavy atom. The average molecular weight is 231 g/mol. The van der Waals surface area contributed by atoms with E-state index in [4.69, 9.17) is 23.2 Å². The Hall–Kier alpha value is -0.240. The van der Waals surface area contributed by atoms with E-state index in [1.54, 1.807) is 0 Å². The summed E-state index contributed by atoms with van der Waals surface area (Å²) in [6, 6.07) is 6.31. The molecule has 0 atom stereocenters. The molecule has 0 bridgehead atoms. The fourth-order valence-electron chi connectivity index (χ4n) is 1.30. The van der Waals surface area contributed by atoms with Crippen LogP contribution in [-0.4, -0.2) is 0 Å². The Morgan fingerprint density at radius 1 is 1.31 bits per heavy atom. The Labute approximate surface area is 91.1 Å². The Morgan fingerprint density at radius 2 is 2.08 bits per heavy atom. The molecular weight excluding hydrogens is 223 g/mol. The van der Waals surface area contributed by atoms with E-state index in [9.17, 15) is 0 Å². The van der Waals surface area contributed by atoms with Crippen molar-refractivity contribution < 1.29 is 0 Å². The normalized spacial score (nSPS) is 11.0. The van der Waals surface area contributed by atoms with E-state index in [-0.39, 0.29) is 0 Å². The van der Waals surface area contributed by atoms with Crippen LogP contribution in [0.25, 0.3) is 10.1 Å². The molecule has 0 aliphatic rings. The average Bonchev–Trinajstić information content (AvgIpc) is 2.43. The van der Waals surface area contributed by atoms with E-state index in [0.717, 1.165) is 16.5 Å². The molecule has 2 rings (SSSR count). The lowest BCUT2D eigenvalue weighted by Crippen LogP contribution is -1.76. The highest BCUT2D eigenvalue weighted by atomic mass is 35.5. The highest BCUT2D eigenvalue weighted by Crippen LogP contribution is 2.39. The van der Waals surface area contributed by atoms with Crippen molar-refractivity contribution in [3.63, 3.8) is 0 Å². The van der Waals surface area contributed by atoms with Crippen molar-refractivity contribution in [2.24, 2.45) is 0 Å². The highest BCUT2D eigenvalue weighted by Gasteiger charge is 2.07. The van der Waals surface area contributed by atoms with Gasteiger partial charge in [-0.05, 0) is 24.1 Å². The molecule has 0 N–H and O–H groups in total. The number of rotatable bonds is 1. The third-order valence-electron chi connectivity index (χ3n) is 2.06. The molecule has 0 aliphatic carbocycles. The largest absolute Gasteiger partial charge is 0.122 e. The van der Waals surface area contributed by atoms with Crippen LogP contribution < -0.4 is 0 Å². The van der Waals surface area contributed by atoms with Crippen molar-refractivity contribution in [2.45, 2.75) is 13.3 Å². The number of benzene rings is 1. The third-order valence-corrected chi connectivity index (χ3v) is 4.04. The van der Waals surface area contributed by atoms with Gasteiger partial charge in [0.2, 0.25) is 0 Å². The second-order valence-corrected chi connectivity index (χ2v) is 4.91. The van der Waals surface area contributed by atoms with Gasteiger partial charge in [-0.1, -0.05) is 36.2 Å². The first-order valence-corrected chi connectivity index (χ1v) is 5.66. The van der Waals surface area contributed by atoms with Crippen LogP contribution in [0.1, 0.15) is 12.5 Å². The van der Waals surface area contributed by atoms with Crippen molar-refractivity contribution in [3.8, 4) is 0 Å². The summed E-state index contributed by atoms with van der Waals surface area (Å²) in [5, 5.41) is 1.77. The molecule has 1 heterocycles. The van der Waals surface area contributed by atoms with Crippen LogP contribution in [0.5, 0.6) is 0 Å². The van der Waals surface area contributed by atoms with Gasteiger partial charge < -0.3 is 0 Å². The number of hydrogen-bond acceptors (Lipinski definition) is 1. The number of hydrogen-bond donors (Lipinski definition) is 0. The number of thiophene rings is 1. The molecular formula is C10H8Cl2S. The van der Waals surface area contributed by atoms with Crippen LogP contribution in [0.2, 0.25) is 9.36 Å². The predicted molar refractivity (Wildman–Crippen MR) is 61.2 cm³/mol. The molecule has 1 aromatic carbocycles. The first-order chi connectivity index (χ1) is 6.22. The molecule has 0 fully saturated rings. The van der Waals surface area contributed by atoms with Crippen LogP contribution in [0.3, 0.4) is 0 Å². The molecule has 0 spiro atoms. The lowest BCUT2D eigenvalue weighted by molar-refractivity contribution is 1.15. The SMILES string of the molecule is CCc1ccc2sc(Cl)c(Cl)c2c1. The zero-order valence-electron chi connectivity index (χ0n) is 7.10. The fourth-order valence-corrected chi connectivity index (χ4v) is 2.78. The van der Waals surface area contributed by atoms with Crippen LogP contribution >= 0.6 is 34.5 Å². The van der Waals surface area contributed by atoms with Crippen LogP contribution in [0, 0.1) is 0 Å². The van der Waals surface area contributed by atoms with E-state index in [1.807, 2.05) is 0 Å². The van der Waals surface area contributed by atoms with Gasteiger partial charge in [-0.2, -0.15) is 0 Å². The molecule has 0 nitrogen and oxygen atoms in total. The second kappa shape index (κ2) is 3.49. The van der Waals surface area contributed by atoms with Gasteiger partial charge in [-0.3, -0.25) is 0 Å². The van der Waals surface area contributed by atoms with Crippen molar-refractivity contribution in [1.29, 1.82) is 0 Å². The van der Waals surface area contributed by atoms with Crippen molar-refractivity contribution in [2.75, 3.05) is 0 Å². The molecule has 0 saturated carbocycles. The monoisotopic (exact) mass is 230 g/mol. The molecule has 0 radical (unpaired) electrons. The van der Waals surface area contributed by atoms with Gasteiger partial charge in [0, 0.05) is 10.1 Å². The minimum absolute atomic E-state index is 0.685. The lowest BCUT2D eigenvalue weighted by Gasteiger charge is -1.95. The molecule has 0 saturated heterocycles. The van der Waals surface area contributed by atoms with Crippen LogP contribution in [0.15, 0.2) is 18.2 Å². The quantitative estimate of drug-likeness (QED) is 0.663. The van der Waals surface area contributed by atoms with Gasteiger partial charge in [-0.25, -0.2) is 0 Å². The summed E-state index contributed by atoms with van der Waals surface area (Å²) in [5.74, 6) is 0. The maximum Gasteiger partial charge on any atom is 0.113 e. The smallest absolute Gasteiger partial charge is 0.113 e. The van der Waals surface area contributed by atoms with Crippen molar-refractivity contribution >= 4 is 44.6 Å². The molecule has 13 heavy (non-hydrogen) atoms. The van der Waals surface area contributed by atoms with Gasteiger partial charge in [0.05, 0.1) is 5.02 Å². The van der Waals surface area contributed by atoms with Gasteiger partial charge in [0.25, 0.3) is 0 Å². The summed E-state index contributed by atoms with van der Waals surface area (Å²) in [7, 11) is 0. The van der Waals surface area contributed by atoms with Gasteiger partial charge in [0.15, 0.2) is 0 Å². The number of fused-ring (bicyclic) bond motifs is 1. The molecule has 3 heteroatoms. The van der Waals surface area contributed by atoms with E-state index in [1.165, 1.54) is 16.9 Å². The van der Waals surface area contributed by atoms with Gasteiger partial charge >= 0.3 is 0 Å².